The number of rotatable bonds is 4. The first-order valence-corrected chi connectivity index (χ1v) is 11.2. The first-order chi connectivity index (χ1) is 14.3. The molecular weight excluding hydrogens is 400 g/mol. The lowest BCUT2D eigenvalue weighted by atomic mass is 10.1. The monoisotopic (exact) mass is 418 g/mol. The van der Waals surface area contributed by atoms with Crippen LogP contribution in [-0.4, -0.2) is 15.2 Å². The number of aromatic nitrogens is 3. The van der Waals surface area contributed by atoms with Crippen molar-refractivity contribution in [3.63, 3.8) is 0 Å². The second kappa shape index (κ2) is 7.85. The van der Waals surface area contributed by atoms with Crippen LogP contribution in [0.5, 0.6) is 5.88 Å². The molecule has 1 aliphatic heterocycles. The number of thiophene rings is 1. The summed E-state index contributed by atoms with van der Waals surface area (Å²) in [6.07, 6.45) is -0.324. The first kappa shape index (κ1) is 18.1. The molecule has 5 nitrogen and oxygen atoms in total. The minimum atomic E-state index is -0.324. The standard InChI is InChI=1S/C22H18N4OS2/c1-14-6-8-15(9-7-14)12-29-22-24-21-19(25-26-22)17-4-2-3-5-18(17)23-20(27-21)16-10-11-28-13-16/h2-11,13,20,23H,12H2,1H3. The van der Waals surface area contributed by atoms with Gasteiger partial charge in [-0.1, -0.05) is 59.8 Å². The Bertz CT molecular complexity index is 1130. The normalized spacial score (nSPS) is 14.9. The van der Waals surface area contributed by atoms with Gasteiger partial charge >= 0.3 is 0 Å². The molecule has 0 saturated carbocycles. The Hall–Kier alpha value is -2.90. The molecule has 0 bridgehead atoms. The average molecular weight is 419 g/mol. The summed E-state index contributed by atoms with van der Waals surface area (Å²) in [5.74, 6) is 1.28. The van der Waals surface area contributed by atoms with Crippen LogP contribution in [0.1, 0.15) is 22.9 Å². The van der Waals surface area contributed by atoms with Crippen molar-refractivity contribution in [1.82, 2.24) is 15.2 Å². The number of aryl methyl sites for hydroxylation is 1. The van der Waals surface area contributed by atoms with Crippen molar-refractivity contribution < 1.29 is 4.74 Å². The summed E-state index contributed by atoms with van der Waals surface area (Å²) in [5.41, 5.74) is 6.09. The average Bonchev–Trinajstić information content (AvgIpc) is 3.23. The van der Waals surface area contributed by atoms with Crippen molar-refractivity contribution in [2.45, 2.75) is 24.1 Å². The van der Waals surface area contributed by atoms with Gasteiger partial charge in [-0.15, -0.1) is 10.2 Å². The third kappa shape index (κ3) is 3.83. The highest BCUT2D eigenvalue weighted by molar-refractivity contribution is 7.98. The second-order valence-electron chi connectivity index (χ2n) is 6.77. The zero-order valence-corrected chi connectivity index (χ0v) is 17.3. The lowest BCUT2D eigenvalue weighted by Crippen LogP contribution is -2.16. The number of thioether (sulfide) groups is 1. The topological polar surface area (TPSA) is 59.9 Å². The van der Waals surface area contributed by atoms with Crippen molar-refractivity contribution in [2.75, 3.05) is 5.32 Å². The summed E-state index contributed by atoms with van der Waals surface area (Å²) < 4.78 is 6.26. The van der Waals surface area contributed by atoms with Crippen LogP contribution in [0.2, 0.25) is 0 Å². The van der Waals surface area contributed by atoms with Gasteiger partial charge < -0.3 is 10.1 Å². The molecule has 5 rings (SSSR count). The van der Waals surface area contributed by atoms with Crippen molar-refractivity contribution in [1.29, 1.82) is 0 Å². The summed E-state index contributed by atoms with van der Waals surface area (Å²) in [7, 11) is 0. The van der Waals surface area contributed by atoms with Gasteiger partial charge in [-0.05, 0) is 35.4 Å². The molecule has 1 unspecified atom stereocenters. The van der Waals surface area contributed by atoms with Crippen molar-refractivity contribution in [2.24, 2.45) is 0 Å². The van der Waals surface area contributed by atoms with Crippen LogP contribution in [0.4, 0.5) is 5.69 Å². The van der Waals surface area contributed by atoms with E-state index in [1.54, 1.807) is 23.1 Å². The largest absolute Gasteiger partial charge is 0.448 e. The second-order valence-corrected chi connectivity index (χ2v) is 8.49. The fourth-order valence-electron chi connectivity index (χ4n) is 3.12. The van der Waals surface area contributed by atoms with E-state index >= 15 is 0 Å². The molecule has 3 heterocycles. The molecule has 0 saturated heterocycles. The highest BCUT2D eigenvalue weighted by Gasteiger charge is 2.26. The van der Waals surface area contributed by atoms with Crippen LogP contribution in [0.25, 0.3) is 11.3 Å². The molecule has 144 valence electrons. The van der Waals surface area contributed by atoms with E-state index in [0.717, 1.165) is 22.6 Å². The Morgan fingerprint density at radius 3 is 2.76 bits per heavy atom. The van der Waals surface area contributed by atoms with E-state index in [-0.39, 0.29) is 6.23 Å². The number of fused-ring (bicyclic) bond motifs is 3. The van der Waals surface area contributed by atoms with E-state index in [0.29, 0.717) is 16.7 Å². The molecule has 2 aromatic carbocycles. The van der Waals surface area contributed by atoms with Crippen LogP contribution in [0.3, 0.4) is 0 Å². The van der Waals surface area contributed by atoms with Gasteiger partial charge in [0.15, 0.2) is 11.9 Å². The molecule has 29 heavy (non-hydrogen) atoms. The molecule has 7 heteroatoms. The third-order valence-electron chi connectivity index (χ3n) is 4.67. The minimum Gasteiger partial charge on any atom is -0.448 e. The Kier molecular flexibility index (Phi) is 4.91. The van der Waals surface area contributed by atoms with Gasteiger partial charge in [0.1, 0.15) is 0 Å². The lowest BCUT2D eigenvalue weighted by molar-refractivity contribution is 0.225. The summed E-state index contributed by atoms with van der Waals surface area (Å²) in [6.45, 7) is 2.09. The number of nitrogens with one attached hydrogen (secondary N) is 1. The molecule has 0 spiro atoms. The van der Waals surface area contributed by atoms with Gasteiger partial charge in [0.25, 0.3) is 0 Å². The van der Waals surface area contributed by atoms with Gasteiger partial charge in [-0.3, -0.25) is 0 Å². The first-order valence-electron chi connectivity index (χ1n) is 9.24. The van der Waals surface area contributed by atoms with Crippen LogP contribution < -0.4 is 10.1 Å². The van der Waals surface area contributed by atoms with Gasteiger partial charge in [-0.2, -0.15) is 16.3 Å². The van der Waals surface area contributed by atoms with Crippen LogP contribution in [-0.2, 0) is 5.75 Å². The number of nitrogens with zero attached hydrogens (tertiary/aromatic N) is 3. The van der Waals surface area contributed by atoms with Crippen LogP contribution >= 0.6 is 23.1 Å². The molecule has 0 radical (unpaired) electrons. The summed E-state index contributed by atoms with van der Waals surface area (Å²) in [4.78, 5) is 4.70. The Morgan fingerprint density at radius 2 is 1.93 bits per heavy atom. The quantitative estimate of drug-likeness (QED) is 0.429. The Balaban J connectivity index is 1.47. The maximum Gasteiger partial charge on any atom is 0.247 e. The number of para-hydroxylation sites is 1. The molecule has 1 atom stereocenters. The van der Waals surface area contributed by atoms with Crippen LogP contribution in [0, 0.1) is 6.92 Å². The molecule has 4 aromatic rings. The van der Waals surface area contributed by atoms with Crippen LogP contribution in [0.15, 0.2) is 70.5 Å². The molecule has 1 N–H and O–H groups in total. The molecule has 0 amide bonds. The van der Waals surface area contributed by atoms with E-state index < -0.39 is 0 Å². The SMILES string of the molecule is Cc1ccc(CSc2nnc3c(n2)OC(c2ccsc2)Nc2ccccc2-3)cc1. The van der Waals surface area contributed by atoms with Crippen molar-refractivity contribution >= 4 is 28.8 Å². The highest BCUT2D eigenvalue weighted by atomic mass is 32.2. The molecule has 0 fully saturated rings. The zero-order valence-electron chi connectivity index (χ0n) is 15.7. The summed E-state index contributed by atoms with van der Waals surface area (Å²) in [6, 6.07) is 18.5. The van der Waals surface area contributed by atoms with Crippen molar-refractivity contribution in [3.05, 3.63) is 82.0 Å². The van der Waals surface area contributed by atoms with E-state index in [9.17, 15) is 0 Å². The van der Waals surface area contributed by atoms with E-state index in [2.05, 4.69) is 58.1 Å². The number of ether oxygens (including phenoxy) is 1. The van der Waals surface area contributed by atoms with Gasteiger partial charge in [0, 0.05) is 22.6 Å². The van der Waals surface area contributed by atoms with E-state index in [1.165, 1.54) is 11.1 Å². The number of hydrogen-bond donors (Lipinski definition) is 1. The molecule has 0 aliphatic carbocycles. The molecule has 1 aliphatic rings. The summed E-state index contributed by atoms with van der Waals surface area (Å²) in [5, 5.41) is 17.0. The summed E-state index contributed by atoms with van der Waals surface area (Å²) >= 11 is 3.20. The van der Waals surface area contributed by atoms with Gasteiger partial charge in [0.05, 0.1) is 0 Å². The maximum absolute atomic E-state index is 6.26. The molecule has 2 aromatic heterocycles. The smallest absolute Gasteiger partial charge is 0.247 e. The number of anilines is 1. The zero-order chi connectivity index (χ0) is 19.6. The van der Waals surface area contributed by atoms with Gasteiger partial charge in [0.2, 0.25) is 11.0 Å². The van der Waals surface area contributed by atoms with Crippen molar-refractivity contribution in [3.8, 4) is 17.1 Å². The highest BCUT2D eigenvalue weighted by Crippen LogP contribution is 2.39. The molecular formula is C22H18N4OS2. The third-order valence-corrected chi connectivity index (χ3v) is 6.28. The van der Waals surface area contributed by atoms with E-state index in [4.69, 9.17) is 9.72 Å². The minimum absolute atomic E-state index is 0.324. The fourth-order valence-corrected chi connectivity index (χ4v) is 4.52. The number of hydrogen-bond acceptors (Lipinski definition) is 7. The fraction of sp³-hybridized carbons (Fsp3) is 0.136. The van der Waals surface area contributed by atoms with E-state index in [1.807, 2.05) is 29.6 Å². The lowest BCUT2D eigenvalue weighted by Gasteiger charge is -2.17. The predicted octanol–water partition coefficient (Wildman–Crippen LogP) is 5.70. The van der Waals surface area contributed by atoms with Gasteiger partial charge in [-0.25, -0.2) is 0 Å². The number of benzene rings is 2. The predicted molar refractivity (Wildman–Crippen MR) is 117 cm³/mol. The maximum atomic E-state index is 6.26. The Labute approximate surface area is 177 Å². The Morgan fingerprint density at radius 1 is 1.07 bits per heavy atom.